The Kier molecular flexibility index (Phi) is 5.53. The predicted octanol–water partition coefficient (Wildman–Crippen LogP) is 2.54. The van der Waals surface area contributed by atoms with E-state index in [2.05, 4.69) is 17.0 Å². The summed E-state index contributed by atoms with van der Waals surface area (Å²) in [5.74, 6) is -1.10. The Morgan fingerprint density at radius 3 is 2.55 bits per heavy atom. The lowest BCUT2D eigenvalue weighted by molar-refractivity contribution is -0.132. The van der Waals surface area contributed by atoms with Crippen LogP contribution in [0.15, 0.2) is 42.5 Å². The smallest absolute Gasteiger partial charge is 0.404 e. The van der Waals surface area contributed by atoms with Gasteiger partial charge in [0.2, 0.25) is 0 Å². The van der Waals surface area contributed by atoms with E-state index in [4.69, 9.17) is 5.11 Å². The molecule has 1 aliphatic carbocycles. The first-order valence-electron chi connectivity index (χ1n) is 6.08. The first-order chi connectivity index (χ1) is 9.47. The van der Waals surface area contributed by atoms with E-state index in [9.17, 15) is 9.59 Å². The van der Waals surface area contributed by atoms with E-state index >= 15 is 0 Å². The van der Waals surface area contributed by atoms with Crippen molar-refractivity contribution in [1.82, 2.24) is 0 Å². The van der Waals surface area contributed by atoms with Gasteiger partial charge in [0.05, 0.1) is 6.61 Å². The van der Waals surface area contributed by atoms with Crippen LogP contribution < -0.4 is 5.73 Å². The number of carbonyl (C=O) groups is 2. The number of carboxylic acid groups (broad SMARTS) is 1. The standard InChI is InChI=1S/C12H10O2.C3H7NO2/c1-8(12(13)14)10-7-6-9-4-2-3-5-11(9)10;1-2-6-3(4)5/h2-7,10H,1H2,(H,13,14);2H2,1H3,(H2,4,5). The molecule has 1 atom stereocenters. The molecule has 5 heteroatoms. The fourth-order valence-electron chi connectivity index (χ4n) is 1.83. The van der Waals surface area contributed by atoms with Gasteiger partial charge in [-0.05, 0) is 18.1 Å². The average Bonchev–Trinajstić information content (AvgIpc) is 2.82. The van der Waals surface area contributed by atoms with Crippen LogP contribution in [0.1, 0.15) is 24.0 Å². The summed E-state index contributed by atoms with van der Waals surface area (Å²) in [4.78, 5) is 20.4. The number of fused-ring (bicyclic) bond motifs is 1. The van der Waals surface area contributed by atoms with Crippen molar-refractivity contribution in [3.05, 3.63) is 53.6 Å². The number of amides is 1. The first kappa shape index (κ1) is 15.5. The molecule has 0 fully saturated rings. The molecule has 0 aliphatic heterocycles. The van der Waals surface area contributed by atoms with Gasteiger partial charge in [-0.25, -0.2) is 9.59 Å². The van der Waals surface area contributed by atoms with Gasteiger partial charge in [-0.1, -0.05) is 43.0 Å². The average molecular weight is 275 g/mol. The highest BCUT2D eigenvalue weighted by Gasteiger charge is 2.22. The van der Waals surface area contributed by atoms with Crippen molar-refractivity contribution in [1.29, 1.82) is 0 Å². The van der Waals surface area contributed by atoms with Crippen molar-refractivity contribution in [2.24, 2.45) is 5.73 Å². The van der Waals surface area contributed by atoms with Crippen molar-refractivity contribution in [3.8, 4) is 0 Å². The maximum atomic E-state index is 10.8. The number of hydrogen-bond acceptors (Lipinski definition) is 3. The van der Waals surface area contributed by atoms with Crippen molar-refractivity contribution >= 4 is 18.1 Å². The van der Waals surface area contributed by atoms with Crippen LogP contribution in [0.25, 0.3) is 6.08 Å². The summed E-state index contributed by atoms with van der Waals surface area (Å²) in [5, 5.41) is 8.83. The fourth-order valence-corrected chi connectivity index (χ4v) is 1.83. The highest BCUT2D eigenvalue weighted by atomic mass is 16.5. The van der Waals surface area contributed by atoms with Crippen LogP contribution in [0.4, 0.5) is 4.79 Å². The van der Waals surface area contributed by atoms with Gasteiger partial charge < -0.3 is 15.6 Å². The van der Waals surface area contributed by atoms with Crippen molar-refractivity contribution in [2.75, 3.05) is 6.61 Å². The quantitative estimate of drug-likeness (QED) is 0.829. The zero-order chi connectivity index (χ0) is 15.1. The molecule has 0 spiro atoms. The Bertz CT molecular complexity index is 549. The fraction of sp³-hybridized carbons (Fsp3) is 0.200. The zero-order valence-corrected chi connectivity index (χ0v) is 11.2. The number of rotatable bonds is 3. The lowest BCUT2D eigenvalue weighted by atomic mass is 9.94. The van der Waals surface area contributed by atoms with Crippen molar-refractivity contribution in [2.45, 2.75) is 12.8 Å². The number of hydrogen-bond donors (Lipinski definition) is 2. The number of allylic oxidation sites excluding steroid dienone is 1. The molecule has 0 aromatic heterocycles. The summed E-state index contributed by atoms with van der Waals surface area (Å²) in [6.45, 7) is 5.64. The Hall–Kier alpha value is -2.56. The van der Waals surface area contributed by atoms with E-state index < -0.39 is 12.1 Å². The summed E-state index contributed by atoms with van der Waals surface area (Å²) in [6.07, 6.45) is 3.10. The van der Waals surface area contributed by atoms with Crippen LogP contribution in [0.5, 0.6) is 0 Å². The maximum absolute atomic E-state index is 10.8. The molecule has 3 N–H and O–H groups in total. The summed E-state index contributed by atoms with van der Waals surface area (Å²) in [6, 6.07) is 7.76. The highest BCUT2D eigenvalue weighted by molar-refractivity contribution is 5.90. The molecule has 20 heavy (non-hydrogen) atoms. The monoisotopic (exact) mass is 275 g/mol. The molecule has 0 heterocycles. The number of aliphatic carboxylic acids is 1. The zero-order valence-electron chi connectivity index (χ0n) is 11.2. The van der Waals surface area contributed by atoms with E-state index in [-0.39, 0.29) is 11.5 Å². The molecule has 1 unspecified atom stereocenters. The number of nitrogens with two attached hydrogens (primary N) is 1. The first-order valence-corrected chi connectivity index (χ1v) is 6.08. The summed E-state index contributed by atoms with van der Waals surface area (Å²) in [7, 11) is 0. The molecule has 1 aliphatic rings. The molecule has 0 bridgehead atoms. The van der Waals surface area contributed by atoms with Crippen molar-refractivity contribution < 1.29 is 19.4 Å². The Morgan fingerprint density at radius 2 is 2.05 bits per heavy atom. The molecular weight excluding hydrogens is 258 g/mol. The SMILES string of the molecule is C=C(C(=O)O)C1C=Cc2ccccc21.CCOC(N)=O. The van der Waals surface area contributed by atoms with Crippen LogP contribution in [-0.4, -0.2) is 23.8 Å². The molecule has 1 aromatic carbocycles. The van der Waals surface area contributed by atoms with Crippen LogP contribution in [0, 0.1) is 0 Å². The van der Waals surface area contributed by atoms with Crippen LogP contribution in [0.3, 0.4) is 0 Å². The minimum atomic E-state index is -0.934. The van der Waals surface area contributed by atoms with Gasteiger partial charge >= 0.3 is 12.1 Å². The molecule has 2 rings (SSSR count). The third-order valence-corrected chi connectivity index (χ3v) is 2.74. The second-order valence-electron chi connectivity index (χ2n) is 4.05. The minimum Gasteiger partial charge on any atom is -0.478 e. The predicted molar refractivity (Wildman–Crippen MR) is 76.2 cm³/mol. The second kappa shape index (κ2) is 7.13. The summed E-state index contributed by atoms with van der Waals surface area (Å²) in [5.41, 5.74) is 6.88. The van der Waals surface area contributed by atoms with E-state index in [1.807, 2.05) is 36.4 Å². The van der Waals surface area contributed by atoms with Gasteiger partial charge in [-0.3, -0.25) is 0 Å². The molecule has 5 nitrogen and oxygen atoms in total. The van der Waals surface area contributed by atoms with Crippen molar-refractivity contribution in [3.63, 3.8) is 0 Å². The molecule has 1 aromatic rings. The normalized spacial score (nSPS) is 14.8. The van der Waals surface area contributed by atoms with Crippen LogP contribution in [0.2, 0.25) is 0 Å². The number of primary amides is 1. The molecule has 0 saturated heterocycles. The Balaban J connectivity index is 0.000000286. The number of ether oxygens (including phenoxy) is 1. The third-order valence-electron chi connectivity index (χ3n) is 2.74. The lowest BCUT2D eigenvalue weighted by Crippen LogP contribution is -2.11. The number of benzene rings is 1. The van der Waals surface area contributed by atoms with E-state index in [0.717, 1.165) is 11.1 Å². The van der Waals surface area contributed by atoms with Gasteiger partial charge in [0.1, 0.15) is 0 Å². The van der Waals surface area contributed by atoms with Gasteiger partial charge in [0.15, 0.2) is 0 Å². The second-order valence-corrected chi connectivity index (χ2v) is 4.05. The van der Waals surface area contributed by atoms with Gasteiger partial charge in [0, 0.05) is 11.5 Å². The third kappa shape index (κ3) is 3.98. The number of carbonyl (C=O) groups excluding carboxylic acids is 1. The summed E-state index contributed by atoms with van der Waals surface area (Å²) < 4.78 is 4.18. The van der Waals surface area contributed by atoms with Gasteiger partial charge in [-0.2, -0.15) is 0 Å². The largest absolute Gasteiger partial charge is 0.478 e. The Morgan fingerprint density at radius 1 is 1.40 bits per heavy atom. The molecule has 106 valence electrons. The Labute approximate surface area is 117 Å². The van der Waals surface area contributed by atoms with E-state index in [1.165, 1.54) is 0 Å². The van der Waals surface area contributed by atoms with E-state index in [0.29, 0.717) is 6.61 Å². The summed E-state index contributed by atoms with van der Waals surface area (Å²) >= 11 is 0. The van der Waals surface area contributed by atoms with Gasteiger partial charge in [-0.15, -0.1) is 0 Å². The van der Waals surface area contributed by atoms with E-state index in [1.54, 1.807) is 6.92 Å². The van der Waals surface area contributed by atoms with Gasteiger partial charge in [0.25, 0.3) is 0 Å². The minimum absolute atomic E-state index is 0.163. The lowest BCUT2D eigenvalue weighted by Gasteiger charge is -2.09. The van der Waals surface area contributed by atoms with Crippen LogP contribution >= 0.6 is 0 Å². The maximum Gasteiger partial charge on any atom is 0.404 e. The molecule has 0 radical (unpaired) electrons. The topological polar surface area (TPSA) is 89.6 Å². The van der Waals surface area contributed by atoms with Crippen LogP contribution in [-0.2, 0) is 9.53 Å². The molecule has 1 amide bonds. The number of carboxylic acids is 1. The molecule has 0 saturated carbocycles. The highest BCUT2D eigenvalue weighted by Crippen LogP contribution is 2.34. The molecular formula is C15H17NO4.